The molecule has 6 nitrogen and oxygen atoms in total. The van der Waals surface area contributed by atoms with E-state index in [-0.39, 0.29) is 6.10 Å². The quantitative estimate of drug-likeness (QED) is 0.839. The van der Waals surface area contributed by atoms with Crippen LogP contribution in [0.1, 0.15) is 30.6 Å². The summed E-state index contributed by atoms with van der Waals surface area (Å²) in [6.07, 6.45) is 2.38. The van der Waals surface area contributed by atoms with Crippen molar-refractivity contribution >= 4 is 5.82 Å². The molecule has 0 aliphatic carbocycles. The minimum atomic E-state index is 0.285. The molecule has 0 N–H and O–H groups in total. The summed E-state index contributed by atoms with van der Waals surface area (Å²) in [5, 5.41) is 8.57. The highest BCUT2D eigenvalue weighted by Gasteiger charge is 2.34. The van der Waals surface area contributed by atoms with Crippen molar-refractivity contribution in [2.75, 3.05) is 37.7 Å². The van der Waals surface area contributed by atoms with Crippen LogP contribution in [0.15, 0.2) is 28.7 Å². The molecular formula is C20H28N4O2. The Labute approximate surface area is 155 Å². The van der Waals surface area contributed by atoms with Crippen LogP contribution in [0.3, 0.4) is 0 Å². The first-order valence-corrected chi connectivity index (χ1v) is 9.68. The second kappa shape index (κ2) is 7.76. The van der Waals surface area contributed by atoms with Gasteiger partial charge in [0.15, 0.2) is 5.82 Å². The van der Waals surface area contributed by atoms with Gasteiger partial charge in [-0.3, -0.25) is 4.90 Å². The van der Waals surface area contributed by atoms with Crippen LogP contribution in [0.25, 0.3) is 0 Å². The van der Waals surface area contributed by atoms with E-state index in [2.05, 4.69) is 45.1 Å². The van der Waals surface area contributed by atoms with Crippen LogP contribution in [0.5, 0.6) is 0 Å². The summed E-state index contributed by atoms with van der Waals surface area (Å²) in [6.45, 7) is 9.64. The molecule has 0 unspecified atom stereocenters. The number of likely N-dealkylation sites (tertiary alicyclic amines) is 1. The number of ether oxygens (including phenoxy) is 1. The van der Waals surface area contributed by atoms with Gasteiger partial charge in [0.1, 0.15) is 11.5 Å². The van der Waals surface area contributed by atoms with Crippen molar-refractivity contribution in [1.82, 2.24) is 15.1 Å². The van der Waals surface area contributed by atoms with Crippen LogP contribution in [-0.4, -0.2) is 54.0 Å². The fourth-order valence-corrected chi connectivity index (χ4v) is 3.95. The Morgan fingerprint density at radius 2 is 1.96 bits per heavy atom. The van der Waals surface area contributed by atoms with Gasteiger partial charge in [0.25, 0.3) is 0 Å². The topological polar surface area (TPSA) is 54.6 Å². The fraction of sp³-hybridized carbons (Fsp3) is 0.600. The van der Waals surface area contributed by atoms with Crippen LogP contribution >= 0.6 is 0 Å². The predicted octanol–water partition coefficient (Wildman–Crippen LogP) is 2.67. The lowest BCUT2D eigenvalue weighted by Gasteiger charge is -2.37. The maximum absolute atomic E-state index is 6.21. The monoisotopic (exact) mass is 356 g/mol. The number of anilines is 1. The van der Waals surface area contributed by atoms with E-state index in [0.29, 0.717) is 5.92 Å². The Kier molecular flexibility index (Phi) is 5.22. The zero-order valence-corrected chi connectivity index (χ0v) is 15.7. The van der Waals surface area contributed by atoms with Gasteiger partial charge in [-0.05, 0) is 44.2 Å². The van der Waals surface area contributed by atoms with Gasteiger partial charge >= 0.3 is 0 Å². The number of hydrogen-bond donors (Lipinski definition) is 0. The number of aryl methyl sites for hydroxylation is 2. The number of fused-ring (bicyclic) bond motifs is 1. The molecule has 2 atom stereocenters. The van der Waals surface area contributed by atoms with Crippen LogP contribution < -0.4 is 4.90 Å². The zero-order valence-electron chi connectivity index (χ0n) is 15.7. The molecule has 2 aromatic rings. The van der Waals surface area contributed by atoms with Crippen molar-refractivity contribution in [3.8, 4) is 0 Å². The van der Waals surface area contributed by atoms with Crippen molar-refractivity contribution < 1.29 is 9.15 Å². The van der Waals surface area contributed by atoms with Gasteiger partial charge in [-0.1, -0.05) is 6.92 Å². The van der Waals surface area contributed by atoms with Crippen LogP contribution in [0, 0.1) is 12.8 Å². The van der Waals surface area contributed by atoms with E-state index >= 15 is 0 Å². The summed E-state index contributed by atoms with van der Waals surface area (Å²) >= 11 is 0. The average Bonchev–Trinajstić information content (AvgIpc) is 3.00. The summed E-state index contributed by atoms with van der Waals surface area (Å²) in [6, 6.07) is 8.30. The second-order valence-corrected chi connectivity index (χ2v) is 7.39. The summed E-state index contributed by atoms with van der Waals surface area (Å²) in [4.78, 5) is 4.79. The number of nitrogens with zero attached hydrogens (tertiary/aromatic N) is 4. The molecule has 0 spiro atoms. The van der Waals surface area contributed by atoms with Gasteiger partial charge in [0, 0.05) is 32.0 Å². The largest absolute Gasteiger partial charge is 0.465 e. The van der Waals surface area contributed by atoms with Crippen LogP contribution in [-0.2, 0) is 17.7 Å². The lowest BCUT2D eigenvalue weighted by atomic mass is 9.93. The van der Waals surface area contributed by atoms with E-state index in [1.54, 1.807) is 0 Å². The van der Waals surface area contributed by atoms with Crippen molar-refractivity contribution in [2.24, 2.45) is 5.92 Å². The number of aromatic nitrogens is 2. The summed E-state index contributed by atoms with van der Waals surface area (Å²) in [5.41, 5.74) is 0.954. The Morgan fingerprint density at radius 1 is 1.08 bits per heavy atom. The number of hydrogen-bond acceptors (Lipinski definition) is 6. The first-order valence-electron chi connectivity index (χ1n) is 9.68. The highest BCUT2D eigenvalue weighted by atomic mass is 16.5. The lowest BCUT2D eigenvalue weighted by Crippen LogP contribution is -2.46. The van der Waals surface area contributed by atoms with Gasteiger partial charge in [0.2, 0.25) is 0 Å². The minimum Gasteiger partial charge on any atom is -0.465 e. The van der Waals surface area contributed by atoms with Gasteiger partial charge in [0.05, 0.1) is 24.9 Å². The zero-order chi connectivity index (χ0) is 17.9. The summed E-state index contributed by atoms with van der Waals surface area (Å²) in [5.74, 6) is 3.63. The Morgan fingerprint density at radius 3 is 2.73 bits per heavy atom. The van der Waals surface area contributed by atoms with Gasteiger partial charge in [-0.2, -0.15) is 5.10 Å². The Hall–Kier alpha value is -1.92. The molecule has 2 aromatic heterocycles. The highest BCUT2D eigenvalue weighted by molar-refractivity contribution is 5.37. The average molecular weight is 356 g/mol. The molecule has 140 valence electrons. The van der Waals surface area contributed by atoms with Crippen molar-refractivity contribution in [3.63, 3.8) is 0 Å². The molecule has 4 rings (SSSR count). The van der Waals surface area contributed by atoms with E-state index < -0.39 is 0 Å². The number of furan rings is 1. The van der Waals surface area contributed by atoms with E-state index in [1.807, 2.05) is 13.0 Å². The fourth-order valence-electron chi connectivity index (χ4n) is 3.95. The second-order valence-electron chi connectivity index (χ2n) is 7.39. The molecule has 0 bridgehead atoms. The Bertz CT molecular complexity index is 715. The molecule has 0 amide bonds. The molecule has 2 saturated heterocycles. The van der Waals surface area contributed by atoms with Crippen molar-refractivity contribution in [1.29, 1.82) is 0 Å². The van der Waals surface area contributed by atoms with Crippen LogP contribution in [0.4, 0.5) is 5.82 Å². The number of rotatable bonds is 4. The third kappa shape index (κ3) is 3.91. The normalized spacial score (nSPS) is 24.3. The molecular weight excluding hydrogens is 328 g/mol. The van der Waals surface area contributed by atoms with E-state index in [4.69, 9.17) is 9.15 Å². The molecule has 2 aliphatic heterocycles. The SMILES string of the molecule is CCc1ccc(CN2CC[C@H]3CN(c4ccc(C)nn4)CCO[C@H]3C2)o1. The maximum Gasteiger partial charge on any atom is 0.151 e. The molecule has 0 radical (unpaired) electrons. The molecule has 6 heteroatoms. The van der Waals surface area contributed by atoms with E-state index in [0.717, 1.165) is 75.2 Å². The van der Waals surface area contributed by atoms with Crippen molar-refractivity contribution in [2.45, 2.75) is 39.3 Å². The standard InChI is InChI=1S/C20H28N4O2/c1-3-17-5-6-18(26-17)13-23-9-8-16-12-24(10-11-25-19(16)14-23)20-7-4-15(2)21-22-20/h4-7,16,19H,3,8-14H2,1-2H3/t16-,19-/m0/s1. The maximum atomic E-state index is 6.21. The number of piperidine rings is 1. The third-order valence-corrected chi connectivity index (χ3v) is 5.48. The first-order chi connectivity index (χ1) is 12.7. The Balaban J connectivity index is 1.37. The van der Waals surface area contributed by atoms with Gasteiger partial charge < -0.3 is 14.1 Å². The van der Waals surface area contributed by atoms with E-state index in [1.165, 1.54) is 0 Å². The summed E-state index contributed by atoms with van der Waals surface area (Å²) in [7, 11) is 0. The van der Waals surface area contributed by atoms with Gasteiger partial charge in [-0.15, -0.1) is 5.10 Å². The van der Waals surface area contributed by atoms with Crippen LogP contribution in [0.2, 0.25) is 0 Å². The third-order valence-electron chi connectivity index (χ3n) is 5.48. The molecule has 0 saturated carbocycles. The molecule has 0 aromatic carbocycles. The minimum absolute atomic E-state index is 0.285. The smallest absolute Gasteiger partial charge is 0.151 e. The molecule has 2 fully saturated rings. The summed E-state index contributed by atoms with van der Waals surface area (Å²) < 4.78 is 12.1. The predicted molar refractivity (Wildman–Crippen MR) is 100 cm³/mol. The van der Waals surface area contributed by atoms with Crippen molar-refractivity contribution in [3.05, 3.63) is 41.5 Å². The first kappa shape index (κ1) is 17.5. The molecule has 2 aliphatic rings. The van der Waals surface area contributed by atoms with Gasteiger partial charge in [-0.25, -0.2) is 0 Å². The molecule has 26 heavy (non-hydrogen) atoms. The highest BCUT2D eigenvalue weighted by Crippen LogP contribution is 2.27. The van der Waals surface area contributed by atoms with E-state index in [9.17, 15) is 0 Å². The lowest BCUT2D eigenvalue weighted by molar-refractivity contribution is -0.0253. The molecule has 4 heterocycles.